The Morgan fingerprint density at radius 1 is 1.35 bits per heavy atom. The van der Waals surface area contributed by atoms with E-state index >= 15 is 0 Å². The number of carbonyl (C=O) groups is 1. The van der Waals surface area contributed by atoms with E-state index in [1.54, 1.807) is 6.92 Å². The molecule has 1 N–H and O–H groups in total. The molecular formula is C12H16Cl2N2O. The topological polar surface area (TPSA) is 42.0 Å². The van der Waals surface area contributed by atoms with Crippen LogP contribution >= 0.6 is 23.2 Å². The third kappa shape index (κ3) is 3.58. The summed E-state index contributed by atoms with van der Waals surface area (Å²) in [5.41, 5.74) is 1.92. The highest BCUT2D eigenvalue weighted by molar-refractivity contribution is 6.35. The van der Waals surface area contributed by atoms with Gasteiger partial charge in [-0.15, -0.1) is 0 Å². The number of aryl methyl sites for hydroxylation is 1. The lowest BCUT2D eigenvalue weighted by Gasteiger charge is -2.13. The van der Waals surface area contributed by atoms with E-state index in [4.69, 9.17) is 23.2 Å². The number of nitrogens with one attached hydrogen (secondary N) is 1. The summed E-state index contributed by atoms with van der Waals surface area (Å²) in [5, 5.41) is 3.58. The number of amides is 1. The molecule has 0 unspecified atom stereocenters. The van der Waals surface area contributed by atoms with Crippen LogP contribution in [0.3, 0.4) is 0 Å². The predicted octanol–water partition coefficient (Wildman–Crippen LogP) is 3.99. The van der Waals surface area contributed by atoms with Gasteiger partial charge in [0, 0.05) is 6.42 Å². The smallest absolute Gasteiger partial charge is 0.224 e. The van der Waals surface area contributed by atoms with E-state index in [0.717, 1.165) is 5.56 Å². The van der Waals surface area contributed by atoms with E-state index in [-0.39, 0.29) is 11.1 Å². The SMILES string of the molecule is Cc1nc(Cl)c(NC(=O)CC(C)C)c(C)c1Cl. The van der Waals surface area contributed by atoms with Crippen LogP contribution in [-0.2, 0) is 4.79 Å². The molecule has 17 heavy (non-hydrogen) atoms. The minimum Gasteiger partial charge on any atom is -0.323 e. The lowest BCUT2D eigenvalue weighted by molar-refractivity contribution is -0.116. The van der Waals surface area contributed by atoms with Crippen LogP contribution in [0, 0.1) is 19.8 Å². The average molecular weight is 275 g/mol. The van der Waals surface area contributed by atoms with Gasteiger partial charge in [0.2, 0.25) is 5.91 Å². The van der Waals surface area contributed by atoms with Crippen LogP contribution in [0.2, 0.25) is 10.2 Å². The fourth-order valence-corrected chi connectivity index (χ4v) is 1.95. The number of anilines is 1. The number of halogens is 2. The highest BCUT2D eigenvalue weighted by atomic mass is 35.5. The molecule has 5 heteroatoms. The van der Waals surface area contributed by atoms with Crippen LogP contribution in [0.25, 0.3) is 0 Å². The number of hydrogen-bond acceptors (Lipinski definition) is 2. The quantitative estimate of drug-likeness (QED) is 0.847. The molecule has 3 nitrogen and oxygen atoms in total. The Labute approximate surface area is 112 Å². The second-order valence-corrected chi connectivity index (χ2v) is 5.18. The zero-order valence-corrected chi connectivity index (χ0v) is 11.9. The Balaban J connectivity index is 2.99. The van der Waals surface area contributed by atoms with E-state index in [1.807, 2.05) is 20.8 Å². The van der Waals surface area contributed by atoms with Gasteiger partial charge in [0.15, 0.2) is 5.15 Å². The maximum absolute atomic E-state index is 11.7. The van der Waals surface area contributed by atoms with Crippen LogP contribution < -0.4 is 5.32 Å². The van der Waals surface area contributed by atoms with Crippen molar-refractivity contribution in [3.05, 3.63) is 21.4 Å². The monoisotopic (exact) mass is 274 g/mol. The van der Waals surface area contributed by atoms with Gasteiger partial charge in [0.05, 0.1) is 16.4 Å². The van der Waals surface area contributed by atoms with Crippen molar-refractivity contribution in [2.75, 3.05) is 5.32 Å². The molecule has 0 fully saturated rings. The van der Waals surface area contributed by atoms with Gasteiger partial charge in [-0.3, -0.25) is 4.79 Å². The Bertz CT molecular complexity index is 445. The number of hydrogen-bond donors (Lipinski definition) is 1. The number of aromatic nitrogens is 1. The molecule has 0 saturated carbocycles. The Morgan fingerprint density at radius 2 is 1.94 bits per heavy atom. The Hall–Kier alpha value is -0.800. The average Bonchev–Trinajstić information content (AvgIpc) is 2.20. The van der Waals surface area contributed by atoms with Crippen LogP contribution in [0.5, 0.6) is 0 Å². The first kappa shape index (κ1) is 14.3. The molecule has 0 radical (unpaired) electrons. The van der Waals surface area contributed by atoms with Gasteiger partial charge < -0.3 is 5.32 Å². The van der Waals surface area contributed by atoms with E-state index in [1.165, 1.54) is 0 Å². The molecule has 0 spiro atoms. The zero-order chi connectivity index (χ0) is 13.2. The van der Waals surface area contributed by atoms with Crippen molar-refractivity contribution in [2.45, 2.75) is 34.1 Å². The summed E-state index contributed by atoms with van der Waals surface area (Å²) in [4.78, 5) is 15.8. The summed E-state index contributed by atoms with van der Waals surface area (Å²) in [5.74, 6) is 0.217. The van der Waals surface area contributed by atoms with Crippen molar-refractivity contribution in [3.63, 3.8) is 0 Å². The van der Waals surface area contributed by atoms with Crippen molar-refractivity contribution in [1.29, 1.82) is 0 Å². The molecule has 1 aromatic rings. The van der Waals surface area contributed by atoms with E-state index in [9.17, 15) is 4.79 Å². The molecule has 0 aliphatic carbocycles. The van der Waals surface area contributed by atoms with Crippen molar-refractivity contribution < 1.29 is 4.79 Å². The third-order valence-electron chi connectivity index (χ3n) is 2.35. The summed E-state index contributed by atoms with van der Waals surface area (Å²) < 4.78 is 0. The zero-order valence-electron chi connectivity index (χ0n) is 10.4. The third-order valence-corrected chi connectivity index (χ3v) is 3.18. The minimum absolute atomic E-state index is 0.0771. The van der Waals surface area contributed by atoms with Gasteiger partial charge in [0.1, 0.15) is 0 Å². The number of pyridine rings is 1. The first-order chi connectivity index (χ1) is 7.82. The molecule has 0 atom stereocenters. The number of carbonyl (C=O) groups excluding carboxylic acids is 1. The highest BCUT2D eigenvalue weighted by Crippen LogP contribution is 2.31. The van der Waals surface area contributed by atoms with E-state index in [0.29, 0.717) is 28.7 Å². The van der Waals surface area contributed by atoms with Crippen LogP contribution in [0.1, 0.15) is 31.5 Å². The highest BCUT2D eigenvalue weighted by Gasteiger charge is 2.15. The standard InChI is InChI=1S/C12H16Cl2N2O/c1-6(2)5-9(17)16-11-7(3)10(13)8(4)15-12(11)14/h6H,5H2,1-4H3,(H,16,17). The fraction of sp³-hybridized carbons (Fsp3) is 0.500. The first-order valence-corrected chi connectivity index (χ1v) is 6.20. The van der Waals surface area contributed by atoms with Crippen molar-refractivity contribution >= 4 is 34.8 Å². The second-order valence-electron chi connectivity index (χ2n) is 4.45. The maximum atomic E-state index is 11.7. The van der Waals surface area contributed by atoms with E-state index in [2.05, 4.69) is 10.3 Å². The van der Waals surface area contributed by atoms with Crippen LogP contribution in [0.4, 0.5) is 5.69 Å². The van der Waals surface area contributed by atoms with E-state index < -0.39 is 0 Å². The second kappa shape index (κ2) is 5.69. The lowest BCUT2D eigenvalue weighted by atomic mass is 10.1. The molecule has 0 aliphatic rings. The lowest BCUT2D eigenvalue weighted by Crippen LogP contribution is -2.15. The van der Waals surface area contributed by atoms with Gasteiger partial charge in [-0.05, 0) is 25.3 Å². The molecule has 1 amide bonds. The minimum atomic E-state index is -0.0771. The molecular weight excluding hydrogens is 259 g/mol. The summed E-state index contributed by atoms with van der Waals surface area (Å²) in [7, 11) is 0. The molecule has 1 rings (SSSR count). The molecule has 94 valence electrons. The molecule has 1 heterocycles. The number of rotatable bonds is 3. The van der Waals surface area contributed by atoms with Crippen molar-refractivity contribution in [3.8, 4) is 0 Å². The first-order valence-electron chi connectivity index (χ1n) is 5.45. The number of nitrogens with zero attached hydrogens (tertiary/aromatic N) is 1. The van der Waals surface area contributed by atoms with Crippen molar-refractivity contribution in [2.24, 2.45) is 5.92 Å². The summed E-state index contributed by atoms with van der Waals surface area (Å²) in [6.45, 7) is 7.55. The maximum Gasteiger partial charge on any atom is 0.224 e. The van der Waals surface area contributed by atoms with Crippen LogP contribution in [0.15, 0.2) is 0 Å². The fourth-order valence-electron chi connectivity index (χ4n) is 1.49. The van der Waals surface area contributed by atoms with Crippen LogP contribution in [-0.4, -0.2) is 10.9 Å². The summed E-state index contributed by atoms with van der Waals surface area (Å²) >= 11 is 12.1. The summed E-state index contributed by atoms with van der Waals surface area (Å²) in [6.07, 6.45) is 0.446. The molecule has 0 saturated heterocycles. The van der Waals surface area contributed by atoms with Gasteiger partial charge in [-0.2, -0.15) is 0 Å². The van der Waals surface area contributed by atoms with Crippen molar-refractivity contribution in [1.82, 2.24) is 4.98 Å². The predicted molar refractivity (Wildman–Crippen MR) is 71.8 cm³/mol. The van der Waals surface area contributed by atoms with Gasteiger partial charge in [0.25, 0.3) is 0 Å². The normalized spacial score (nSPS) is 10.8. The molecule has 0 bridgehead atoms. The molecule has 0 aromatic carbocycles. The molecule has 0 aliphatic heterocycles. The Morgan fingerprint density at radius 3 is 2.47 bits per heavy atom. The Kier molecular flexibility index (Phi) is 4.78. The van der Waals surface area contributed by atoms with Gasteiger partial charge in [-0.25, -0.2) is 4.98 Å². The summed E-state index contributed by atoms with van der Waals surface area (Å²) in [6, 6.07) is 0. The molecule has 1 aromatic heterocycles. The van der Waals surface area contributed by atoms with Gasteiger partial charge in [-0.1, -0.05) is 37.0 Å². The van der Waals surface area contributed by atoms with Gasteiger partial charge >= 0.3 is 0 Å². The largest absolute Gasteiger partial charge is 0.323 e.